The highest BCUT2D eigenvalue weighted by molar-refractivity contribution is 6.32. The maximum atomic E-state index is 13.2. The summed E-state index contributed by atoms with van der Waals surface area (Å²) in [4.78, 5) is 27.2. The van der Waals surface area contributed by atoms with Crippen molar-refractivity contribution in [3.63, 3.8) is 0 Å². The summed E-state index contributed by atoms with van der Waals surface area (Å²) < 4.78 is 4.94. The van der Waals surface area contributed by atoms with Gasteiger partial charge in [0.1, 0.15) is 0 Å². The first-order chi connectivity index (χ1) is 13.4. The Kier molecular flexibility index (Phi) is 5.71. The zero-order valence-electron chi connectivity index (χ0n) is 16.4. The second-order valence-electron chi connectivity index (χ2n) is 6.68. The number of carbonyl (C=O) groups is 2. The molecule has 1 aliphatic heterocycles. The quantitative estimate of drug-likeness (QED) is 0.535. The van der Waals surface area contributed by atoms with E-state index in [1.807, 2.05) is 43.3 Å². The summed E-state index contributed by atoms with van der Waals surface area (Å²) in [7, 11) is 1.31. The number of hydrogen-bond donors (Lipinski definition) is 0. The molecular weight excluding hydrogens is 374 g/mol. The van der Waals surface area contributed by atoms with Crippen molar-refractivity contribution >= 4 is 35.2 Å². The van der Waals surface area contributed by atoms with Crippen molar-refractivity contribution < 1.29 is 14.3 Å². The molecule has 0 bridgehead atoms. The molecule has 3 rings (SSSR count). The molecule has 5 heteroatoms. The van der Waals surface area contributed by atoms with Gasteiger partial charge in [-0.1, -0.05) is 48.9 Å². The first kappa shape index (κ1) is 19.9. The average molecular weight is 396 g/mol. The predicted molar refractivity (Wildman–Crippen MR) is 112 cm³/mol. The highest BCUT2D eigenvalue weighted by Gasteiger charge is 2.38. The Morgan fingerprint density at radius 1 is 1.14 bits per heavy atom. The molecule has 0 spiro atoms. The molecule has 0 aromatic heterocycles. The van der Waals surface area contributed by atoms with Gasteiger partial charge in [-0.15, -0.1) is 0 Å². The molecular formula is C23H22ClNO3. The number of allylic oxidation sites excluding steroid dienone is 1. The van der Waals surface area contributed by atoms with Gasteiger partial charge in [0.15, 0.2) is 0 Å². The molecule has 0 saturated carbocycles. The molecule has 0 radical (unpaired) electrons. The second kappa shape index (κ2) is 8.03. The highest BCUT2D eigenvalue weighted by atomic mass is 35.5. The van der Waals surface area contributed by atoms with Crippen LogP contribution < -0.4 is 4.90 Å². The number of anilines is 1. The molecule has 1 amide bonds. The Morgan fingerprint density at radius 2 is 1.82 bits per heavy atom. The Bertz CT molecular complexity index is 1000. The van der Waals surface area contributed by atoms with Gasteiger partial charge in [-0.3, -0.25) is 9.69 Å². The number of esters is 1. The lowest BCUT2D eigenvalue weighted by atomic mass is 10.0. The Balaban J connectivity index is 2.11. The molecule has 0 atom stereocenters. The number of ether oxygens (including phenoxy) is 1. The zero-order valence-corrected chi connectivity index (χ0v) is 17.1. The summed E-state index contributed by atoms with van der Waals surface area (Å²) in [6.45, 7) is 5.71. The van der Waals surface area contributed by atoms with Gasteiger partial charge in [-0.25, -0.2) is 4.79 Å². The number of benzene rings is 2. The van der Waals surface area contributed by atoms with E-state index < -0.39 is 5.97 Å². The van der Waals surface area contributed by atoms with Gasteiger partial charge in [0, 0.05) is 10.7 Å². The number of halogens is 1. The minimum absolute atomic E-state index is 0.267. The normalized spacial score (nSPS) is 15.5. The fourth-order valence-corrected chi connectivity index (χ4v) is 3.40. The summed E-state index contributed by atoms with van der Waals surface area (Å²) in [5, 5.41) is 0.560. The van der Waals surface area contributed by atoms with Crippen molar-refractivity contribution in [2.45, 2.75) is 27.2 Å². The fraction of sp³-hybridized carbons (Fsp3) is 0.217. The molecule has 1 aliphatic rings. The van der Waals surface area contributed by atoms with Crippen LogP contribution in [-0.4, -0.2) is 19.0 Å². The largest absolute Gasteiger partial charge is 0.465 e. The molecule has 2 aromatic rings. The number of rotatable bonds is 4. The van der Waals surface area contributed by atoms with E-state index in [1.165, 1.54) is 17.6 Å². The number of carbonyl (C=O) groups excluding carboxylic acids is 2. The third-order valence-electron chi connectivity index (χ3n) is 4.90. The first-order valence-electron chi connectivity index (χ1n) is 9.08. The molecule has 1 heterocycles. The lowest BCUT2D eigenvalue weighted by Gasteiger charge is -2.18. The smallest absolute Gasteiger partial charge is 0.340 e. The zero-order chi connectivity index (χ0) is 20.4. The predicted octanol–water partition coefficient (Wildman–Crippen LogP) is 5.09. The molecule has 0 saturated heterocycles. The topological polar surface area (TPSA) is 46.6 Å². The molecule has 0 N–H and O–H groups in total. The molecule has 28 heavy (non-hydrogen) atoms. The van der Waals surface area contributed by atoms with Crippen molar-refractivity contribution in [3.8, 4) is 0 Å². The molecule has 0 aliphatic carbocycles. The van der Waals surface area contributed by atoms with E-state index in [9.17, 15) is 9.59 Å². The van der Waals surface area contributed by atoms with Crippen molar-refractivity contribution in [1.29, 1.82) is 0 Å². The molecule has 0 unspecified atom stereocenters. The standard InChI is InChI=1S/C23H22ClNO3/c1-5-16-7-9-17(10-8-16)12-19-21(23(27)28-4)15(3)25(22(19)26)18-11-6-14(2)20(24)13-18/h6-13H,5H2,1-4H3/b19-12-. The van der Waals surface area contributed by atoms with Gasteiger partial charge in [0.25, 0.3) is 5.91 Å². The minimum atomic E-state index is -0.539. The van der Waals surface area contributed by atoms with Gasteiger partial charge in [0.05, 0.1) is 23.9 Å². The van der Waals surface area contributed by atoms with Crippen molar-refractivity contribution in [2.75, 3.05) is 12.0 Å². The Labute approximate surface area is 170 Å². The van der Waals surface area contributed by atoms with Crippen LogP contribution >= 0.6 is 11.6 Å². The Morgan fingerprint density at radius 3 is 2.39 bits per heavy atom. The van der Waals surface area contributed by atoms with Crippen LogP contribution in [0, 0.1) is 6.92 Å². The Hall–Kier alpha value is -2.85. The second-order valence-corrected chi connectivity index (χ2v) is 7.09. The van der Waals surface area contributed by atoms with Crippen LogP contribution in [0.15, 0.2) is 59.3 Å². The lowest BCUT2D eigenvalue weighted by molar-refractivity contribution is -0.136. The van der Waals surface area contributed by atoms with Gasteiger partial charge >= 0.3 is 5.97 Å². The van der Waals surface area contributed by atoms with E-state index in [2.05, 4.69) is 6.92 Å². The van der Waals surface area contributed by atoms with Crippen molar-refractivity contribution in [3.05, 3.63) is 81.0 Å². The number of aryl methyl sites for hydroxylation is 2. The van der Waals surface area contributed by atoms with E-state index in [-0.39, 0.29) is 11.5 Å². The third-order valence-corrected chi connectivity index (χ3v) is 5.31. The van der Waals surface area contributed by atoms with E-state index in [0.717, 1.165) is 17.5 Å². The number of methoxy groups -OCH3 is 1. The summed E-state index contributed by atoms with van der Waals surface area (Å²) in [5.41, 5.74) is 4.68. The van der Waals surface area contributed by atoms with Gasteiger partial charge < -0.3 is 4.74 Å². The van der Waals surface area contributed by atoms with Crippen LogP contribution in [0.4, 0.5) is 5.69 Å². The van der Waals surface area contributed by atoms with Crippen LogP contribution in [0.3, 0.4) is 0 Å². The van der Waals surface area contributed by atoms with Crippen LogP contribution in [0.5, 0.6) is 0 Å². The highest BCUT2D eigenvalue weighted by Crippen LogP contribution is 2.36. The SMILES string of the molecule is CCc1ccc(/C=C2\C(=O)N(c3ccc(C)c(Cl)c3)C(C)=C2C(=O)OC)cc1. The monoisotopic (exact) mass is 395 g/mol. The number of amides is 1. The maximum Gasteiger partial charge on any atom is 0.340 e. The molecule has 4 nitrogen and oxygen atoms in total. The molecule has 2 aromatic carbocycles. The summed E-state index contributed by atoms with van der Waals surface area (Å²) in [6, 6.07) is 13.3. The van der Waals surface area contributed by atoms with Crippen LogP contribution in [0.25, 0.3) is 6.08 Å². The number of hydrogen-bond acceptors (Lipinski definition) is 3. The summed E-state index contributed by atoms with van der Waals surface area (Å²) in [5.74, 6) is -0.819. The fourth-order valence-electron chi connectivity index (χ4n) is 3.23. The first-order valence-corrected chi connectivity index (χ1v) is 9.46. The van der Waals surface area contributed by atoms with Crippen molar-refractivity contribution in [1.82, 2.24) is 0 Å². The van der Waals surface area contributed by atoms with E-state index in [1.54, 1.807) is 19.1 Å². The van der Waals surface area contributed by atoms with E-state index in [0.29, 0.717) is 22.0 Å². The lowest BCUT2D eigenvalue weighted by Crippen LogP contribution is -2.24. The minimum Gasteiger partial charge on any atom is -0.465 e. The molecule has 0 fully saturated rings. The van der Waals surface area contributed by atoms with Gasteiger partial charge in [0.2, 0.25) is 0 Å². The summed E-state index contributed by atoms with van der Waals surface area (Å²) in [6.07, 6.45) is 2.66. The van der Waals surface area contributed by atoms with Crippen molar-refractivity contribution in [2.24, 2.45) is 0 Å². The van der Waals surface area contributed by atoms with E-state index >= 15 is 0 Å². The number of nitrogens with zero attached hydrogens (tertiary/aromatic N) is 1. The third kappa shape index (κ3) is 3.60. The van der Waals surface area contributed by atoms with Crippen LogP contribution in [0.1, 0.15) is 30.5 Å². The van der Waals surface area contributed by atoms with Gasteiger partial charge in [-0.2, -0.15) is 0 Å². The van der Waals surface area contributed by atoms with Crippen LogP contribution in [-0.2, 0) is 20.7 Å². The molecule has 144 valence electrons. The van der Waals surface area contributed by atoms with Crippen LogP contribution in [0.2, 0.25) is 5.02 Å². The van der Waals surface area contributed by atoms with Gasteiger partial charge in [-0.05, 0) is 55.2 Å². The average Bonchev–Trinajstić information content (AvgIpc) is 2.94. The van der Waals surface area contributed by atoms with E-state index in [4.69, 9.17) is 16.3 Å². The summed E-state index contributed by atoms with van der Waals surface area (Å²) >= 11 is 6.25. The maximum absolute atomic E-state index is 13.2.